The Morgan fingerprint density at radius 2 is 2.11 bits per heavy atom. The van der Waals surface area contributed by atoms with Gasteiger partial charge in [0.05, 0.1) is 0 Å². The van der Waals surface area contributed by atoms with Gasteiger partial charge in [0.15, 0.2) is 0 Å². The number of hydrogen-bond donors (Lipinski definition) is 2. The molecule has 3 nitrogen and oxygen atoms in total. The first kappa shape index (κ1) is 14.9. The zero-order chi connectivity index (χ0) is 13.4. The molecule has 1 atom stereocenters. The summed E-state index contributed by atoms with van der Waals surface area (Å²) in [6, 6.07) is 7.73. The van der Waals surface area contributed by atoms with Crippen LogP contribution in [0.15, 0.2) is 34.8 Å². The lowest BCUT2D eigenvalue weighted by Gasteiger charge is -2.09. The van der Waals surface area contributed by atoms with Gasteiger partial charge in [0, 0.05) is 23.7 Å². The van der Waals surface area contributed by atoms with Gasteiger partial charge < -0.3 is 10.4 Å². The summed E-state index contributed by atoms with van der Waals surface area (Å²) in [5.41, 5.74) is 0.983. The molecule has 0 bridgehead atoms. The molecule has 2 N–H and O–H groups in total. The average molecular weight is 312 g/mol. The fourth-order valence-electron chi connectivity index (χ4n) is 1.40. The molecular formula is C14H18BrNO2. The number of aliphatic hydroxyl groups excluding tert-OH is 1. The molecule has 0 fully saturated rings. The molecule has 0 spiro atoms. The Morgan fingerprint density at radius 3 is 2.72 bits per heavy atom. The van der Waals surface area contributed by atoms with Crippen molar-refractivity contribution in [1.82, 2.24) is 5.32 Å². The lowest BCUT2D eigenvalue weighted by molar-refractivity contribution is -0.116. The SMILES string of the molecule is CC(CCO)CNC(=O)C=Cc1ccc(Br)cc1. The summed E-state index contributed by atoms with van der Waals surface area (Å²) < 4.78 is 1.02. The van der Waals surface area contributed by atoms with Crippen LogP contribution in [-0.2, 0) is 4.79 Å². The van der Waals surface area contributed by atoms with E-state index in [0.29, 0.717) is 18.9 Å². The molecule has 1 amide bonds. The Labute approximate surface area is 116 Å². The molecular weight excluding hydrogens is 294 g/mol. The zero-order valence-electron chi connectivity index (χ0n) is 10.4. The predicted octanol–water partition coefficient (Wildman–Crippen LogP) is 2.60. The van der Waals surface area contributed by atoms with Gasteiger partial charge in [-0.3, -0.25) is 4.79 Å². The van der Waals surface area contributed by atoms with E-state index >= 15 is 0 Å². The summed E-state index contributed by atoms with van der Waals surface area (Å²) in [5.74, 6) is 0.183. The molecule has 0 aliphatic carbocycles. The second kappa shape index (κ2) is 8.06. The standard InChI is InChI=1S/C14H18BrNO2/c1-11(8-9-17)10-16-14(18)7-4-12-2-5-13(15)6-3-12/h2-7,11,17H,8-10H2,1H3,(H,16,18). The molecule has 0 saturated heterocycles. The van der Waals surface area contributed by atoms with E-state index in [1.807, 2.05) is 31.2 Å². The Balaban J connectivity index is 2.37. The summed E-state index contributed by atoms with van der Waals surface area (Å²) in [6.45, 7) is 2.74. The second-order valence-electron chi connectivity index (χ2n) is 4.25. The van der Waals surface area contributed by atoms with Crippen LogP contribution in [0.1, 0.15) is 18.9 Å². The highest BCUT2D eigenvalue weighted by atomic mass is 79.9. The number of halogens is 1. The highest BCUT2D eigenvalue weighted by molar-refractivity contribution is 9.10. The van der Waals surface area contributed by atoms with Crippen LogP contribution in [0.25, 0.3) is 6.08 Å². The Hall–Kier alpha value is -1.13. The number of amides is 1. The molecule has 0 radical (unpaired) electrons. The van der Waals surface area contributed by atoms with E-state index in [9.17, 15) is 4.79 Å². The maximum Gasteiger partial charge on any atom is 0.244 e. The third kappa shape index (κ3) is 5.98. The number of carbonyl (C=O) groups excluding carboxylic acids is 1. The number of rotatable bonds is 6. The van der Waals surface area contributed by atoms with Crippen LogP contribution in [0.4, 0.5) is 0 Å². The topological polar surface area (TPSA) is 49.3 Å². The van der Waals surface area contributed by atoms with Gasteiger partial charge in [-0.2, -0.15) is 0 Å². The summed E-state index contributed by atoms with van der Waals surface area (Å²) in [6.07, 6.45) is 4.00. The maximum absolute atomic E-state index is 11.5. The largest absolute Gasteiger partial charge is 0.396 e. The van der Waals surface area contributed by atoms with Crippen molar-refractivity contribution in [2.45, 2.75) is 13.3 Å². The fraction of sp³-hybridized carbons (Fsp3) is 0.357. The molecule has 0 heterocycles. The highest BCUT2D eigenvalue weighted by Gasteiger charge is 2.02. The maximum atomic E-state index is 11.5. The van der Waals surface area contributed by atoms with Crippen molar-refractivity contribution in [3.8, 4) is 0 Å². The normalized spacial score (nSPS) is 12.6. The Kier molecular flexibility index (Phi) is 6.68. The first-order valence-electron chi connectivity index (χ1n) is 5.94. The number of nitrogens with one attached hydrogen (secondary N) is 1. The van der Waals surface area contributed by atoms with Gasteiger partial charge in [-0.15, -0.1) is 0 Å². The van der Waals surface area contributed by atoms with Gasteiger partial charge in [0.2, 0.25) is 5.91 Å². The number of aliphatic hydroxyl groups is 1. The molecule has 1 aromatic rings. The summed E-state index contributed by atoms with van der Waals surface area (Å²) in [7, 11) is 0. The molecule has 98 valence electrons. The zero-order valence-corrected chi connectivity index (χ0v) is 12.0. The molecule has 1 rings (SSSR count). The predicted molar refractivity (Wildman–Crippen MR) is 77.1 cm³/mol. The lowest BCUT2D eigenvalue weighted by Crippen LogP contribution is -2.26. The van der Waals surface area contributed by atoms with Gasteiger partial charge in [-0.1, -0.05) is 35.0 Å². The first-order chi connectivity index (χ1) is 8.61. The minimum absolute atomic E-state index is 0.109. The van der Waals surface area contributed by atoms with E-state index in [1.54, 1.807) is 6.08 Å². The molecule has 18 heavy (non-hydrogen) atoms. The van der Waals surface area contributed by atoms with E-state index in [1.165, 1.54) is 6.08 Å². The van der Waals surface area contributed by atoms with Gasteiger partial charge in [-0.25, -0.2) is 0 Å². The van der Waals surface area contributed by atoms with Gasteiger partial charge in [0.1, 0.15) is 0 Å². The summed E-state index contributed by atoms with van der Waals surface area (Å²) in [4.78, 5) is 11.5. The third-order valence-electron chi connectivity index (χ3n) is 2.54. The van der Waals surface area contributed by atoms with Crippen molar-refractivity contribution >= 4 is 27.9 Å². The molecule has 1 unspecified atom stereocenters. The second-order valence-corrected chi connectivity index (χ2v) is 5.16. The summed E-state index contributed by atoms with van der Waals surface area (Å²) >= 11 is 3.36. The van der Waals surface area contributed by atoms with Gasteiger partial charge in [0.25, 0.3) is 0 Å². The van der Waals surface area contributed by atoms with E-state index in [2.05, 4.69) is 21.2 Å². The minimum atomic E-state index is -0.109. The third-order valence-corrected chi connectivity index (χ3v) is 3.07. The number of benzene rings is 1. The van der Waals surface area contributed by atoms with Crippen LogP contribution in [0, 0.1) is 5.92 Å². The Bertz CT molecular complexity index is 401. The van der Waals surface area contributed by atoms with Crippen LogP contribution >= 0.6 is 15.9 Å². The van der Waals surface area contributed by atoms with E-state index < -0.39 is 0 Å². The smallest absolute Gasteiger partial charge is 0.244 e. The average Bonchev–Trinajstić information content (AvgIpc) is 2.36. The van der Waals surface area contributed by atoms with Crippen molar-refractivity contribution in [2.75, 3.05) is 13.2 Å². The van der Waals surface area contributed by atoms with Crippen molar-refractivity contribution < 1.29 is 9.90 Å². The van der Waals surface area contributed by atoms with Crippen molar-refractivity contribution in [2.24, 2.45) is 5.92 Å². The van der Waals surface area contributed by atoms with E-state index in [0.717, 1.165) is 10.0 Å². The van der Waals surface area contributed by atoms with Crippen molar-refractivity contribution in [3.63, 3.8) is 0 Å². The molecule has 0 saturated carbocycles. The van der Waals surface area contributed by atoms with Crippen molar-refractivity contribution in [1.29, 1.82) is 0 Å². The summed E-state index contributed by atoms with van der Waals surface area (Å²) in [5, 5.41) is 11.5. The van der Waals surface area contributed by atoms with E-state index in [4.69, 9.17) is 5.11 Å². The molecule has 4 heteroatoms. The molecule has 0 aliphatic heterocycles. The first-order valence-corrected chi connectivity index (χ1v) is 6.73. The lowest BCUT2D eigenvalue weighted by atomic mass is 10.1. The minimum Gasteiger partial charge on any atom is -0.396 e. The molecule has 1 aromatic carbocycles. The van der Waals surface area contributed by atoms with Crippen LogP contribution in [-0.4, -0.2) is 24.2 Å². The Morgan fingerprint density at radius 1 is 1.44 bits per heavy atom. The van der Waals surface area contributed by atoms with Gasteiger partial charge >= 0.3 is 0 Å². The van der Waals surface area contributed by atoms with Gasteiger partial charge in [-0.05, 0) is 36.1 Å². The number of carbonyl (C=O) groups is 1. The van der Waals surface area contributed by atoms with Crippen LogP contribution in [0.3, 0.4) is 0 Å². The quantitative estimate of drug-likeness (QED) is 0.793. The van der Waals surface area contributed by atoms with Crippen LogP contribution < -0.4 is 5.32 Å². The molecule has 0 aromatic heterocycles. The highest BCUT2D eigenvalue weighted by Crippen LogP contribution is 2.11. The van der Waals surface area contributed by atoms with Crippen molar-refractivity contribution in [3.05, 3.63) is 40.4 Å². The van der Waals surface area contributed by atoms with Crippen LogP contribution in [0.5, 0.6) is 0 Å². The van der Waals surface area contributed by atoms with Crippen LogP contribution in [0.2, 0.25) is 0 Å². The van der Waals surface area contributed by atoms with E-state index in [-0.39, 0.29) is 12.5 Å². The molecule has 0 aliphatic rings. The number of hydrogen-bond acceptors (Lipinski definition) is 2. The fourth-order valence-corrected chi connectivity index (χ4v) is 1.67. The monoisotopic (exact) mass is 311 g/mol.